The molecule has 1 fully saturated rings. The SMILES string of the molecule is Cc1cc(C2CCCNC2)c(C)n1Cc1ccccc1. The minimum absolute atomic E-state index is 0.694. The summed E-state index contributed by atoms with van der Waals surface area (Å²) in [6, 6.07) is 13.1. The van der Waals surface area contributed by atoms with Crippen molar-refractivity contribution in [3.8, 4) is 0 Å². The van der Waals surface area contributed by atoms with Gasteiger partial charge in [-0.2, -0.15) is 0 Å². The van der Waals surface area contributed by atoms with Crippen LogP contribution in [0.4, 0.5) is 0 Å². The molecular weight excluding hydrogens is 244 g/mol. The van der Waals surface area contributed by atoms with Crippen LogP contribution in [0.5, 0.6) is 0 Å². The van der Waals surface area contributed by atoms with Crippen LogP contribution in [0, 0.1) is 13.8 Å². The first-order chi connectivity index (χ1) is 9.75. The van der Waals surface area contributed by atoms with Crippen LogP contribution in [0.1, 0.15) is 41.3 Å². The lowest BCUT2D eigenvalue weighted by Crippen LogP contribution is -2.28. The van der Waals surface area contributed by atoms with Crippen LogP contribution < -0.4 is 5.32 Å². The van der Waals surface area contributed by atoms with Crippen molar-refractivity contribution < 1.29 is 0 Å². The van der Waals surface area contributed by atoms with E-state index in [-0.39, 0.29) is 0 Å². The van der Waals surface area contributed by atoms with Gasteiger partial charge in [-0.15, -0.1) is 0 Å². The molecule has 2 aromatic rings. The van der Waals surface area contributed by atoms with Crippen molar-refractivity contribution in [2.75, 3.05) is 13.1 Å². The number of piperidine rings is 1. The maximum Gasteiger partial charge on any atom is 0.0475 e. The Morgan fingerprint density at radius 3 is 2.70 bits per heavy atom. The largest absolute Gasteiger partial charge is 0.345 e. The van der Waals surface area contributed by atoms with E-state index < -0.39 is 0 Å². The van der Waals surface area contributed by atoms with Gasteiger partial charge in [-0.05, 0) is 56.3 Å². The molecule has 1 saturated heterocycles. The van der Waals surface area contributed by atoms with E-state index in [1.165, 1.54) is 36.3 Å². The van der Waals surface area contributed by atoms with Crippen molar-refractivity contribution in [1.82, 2.24) is 9.88 Å². The molecule has 2 heterocycles. The van der Waals surface area contributed by atoms with Crippen molar-refractivity contribution in [3.63, 3.8) is 0 Å². The second-order valence-electron chi connectivity index (χ2n) is 5.94. The molecule has 1 aliphatic heterocycles. The predicted octanol–water partition coefficient (Wildman–Crippen LogP) is 3.62. The van der Waals surface area contributed by atoms with E-state index in [0.29, 0.717) is 5.92 Å². The van der Waals surface area contributed by atoms with Gasteiger partial charge in [0.2, 0.25) is 0 Å². The van der Waals surface area contributed by atoms with Gasteiger partial charge in [0.05, 0.1) is 0 Å². The molecule has 1 N–H and O–H groups in total. The van der Waals surface area contributed by atoms with Crippen molar-refractivity contribution in [3.05, 3.63) is 58.9 Å². The fourth-order valence-corrected chi connectivity index (χ4v) is 3.37. The standard InChI is InChI=1S/C18H24N2/c1-14-11-18(17-9-6-10-19-12-17)15(2)20(14)13-16-7-4-3-5-8-16/h3-5,7-8,11,17,19H,6,9-10,12-13H2,1-2H3. The average Bonchev–Trinajstić information content (AvgIpc) is 2.77. The van der Waals surface area contributed by atoms with Crippen LogP contribution in [0.15, 0.2) is 36.4 Å². The first kappa shape index (κ1) is 13.4. The summed E-state index contributed by atoms with van der Waals surface area (Å²) in [5.41, 5.74) is 5.75. The highest BCUT2D eigenvalue weighted by molar-refractivity contribution is 5.32. The molecule has 1 atom stereocenters. The normalized spacial score (nSPS) is 19.2. The minimum atomic E-state index is 0.694. The smallest absolute Gasteiger partial charge is 0.0475 e. The van der Waals surface area contributed by atoms with Gasteiger partial charge in [0.25, 0.3) is 0 Å². The zero-order chi connectivity index (χ0) is 13.9. The number of nitrogens with zero attached hydrogens (tertiary/aromatic N) is 1. The Labute approximate surface area is 121 Å². The Morgan fingerprint density at radius 1 is 1.20 bits per heavy atom. The van der Waals surface area contributed by atoms with Gasteiger partial charge in [-0.3, -0.25) is 0 Å². The van der Waals surface area contributed by atoms with E-state index >= 15 is 0 Å². The zero-order valence-corrected chi connectivity index (χ0v) is 12.5. The van der Waals surface area contributed by atoms with Crippen LogP contribution >= 0.6 is 0 Å². The summed E-state index contributed by atoms with van der Waals surface area (Å²) in [6.45, 7) is 7.81. The van der Waals surface area contributed by atoms with E-state index in [1.807, 2.05) is 0 Å². The van der Waals surface area contributed by atoms with Crippen molar-refractivity contribution >= 4 is 0 Å². The fourth-order valence-electron chi connectivity index (χ4n) is 3.37. The minimum Gasteiger partial charge on any atom is -0.345 e. The first-order valence-electron chi connectivity index (χ1n) is 7.67. The lowest BCUT2D eigenvalue weighted by Gasteiger charge is -2.23. The number of aromatic nitrogens is 1. The number of rotatable bonds is 3. The number of hydrogen-bond donors (Lipinski definition) is 1. The zero-order valence-electron chi connectivity index (χ0n) is 12.5. The summed E-state index contributed by atoms with van der Waals surface area (Å²) in [5.74, 6) is 0.694. The topological polar surface area (TPSA) is 17.0 Å². The van der Waals surface area contributed by atoms with E-state index in [9.17, 15) is 0 Å². The van der Waals surface area contributed by atoms with Crippen LogP contribution in [0.2, 0.25) is 0 Å². The van der Waals surface area contributed by atoms with Crippen molar-refractivity contribution in [2.24, 2.45) is 0 Å². The summed E-state index contributed by atoms with van der Waals surface area (Å²) >= 11 is 0. The van der Waals surface area contributed by atoms with Gasteiger partial charge < -0.3 is 9.88 Å². The second kappa shape index (κ2) is 5.84. The number of nitrogens with one attached hydrogen (secondary N) is 1. The Balaban J connectivity index is 1.86. The molecule has 0 spiro atoms. The Bertz CT molecular complexity index is 563. The highest BCUT2D eigenvalue weighted by Gasteiger charge is 2.20. The molecule has 1 aromatic carbocycles. The molecule has 1 aromatic heterocycles. The molecule has 2 heteroatoms. The van der Waals surface area contributed by atoms with Crippen molar-refractivity contribution in [1.29, 1.82) is 0 Å². The summed E-state index contributed by atoms with van der Waals surface area (Å²) in [6.07, 6.45) is 2.62. The van der Waals surface area contributed by atoms with Crippen LogP contribution in [0.3, 0.4) is 0 Å². The third-order valence-electron chi connectivity index (χ3n) is 4.53. The third kappa shape index (κ3) is 2.66. The van der Waals surface area contributed by atoms with E-state index in [4.69, 9.17) is 0 Å². The van der Waals surface area contributed by atoms with Crippen molar-refractivity contribution in [2.45, 2.75) is 39.2 Å². The Kier molecular flexibility index (Phi) is 3.93. The molecule has 2 nitrogen and oxygen atoms in total. The lowest BCUT2D eigenvalue weighted by atomic mass is 9.92. The molecular formula is C18H24N2. The van der Waals surface area contributed by atoms with E-state index in [0.717, 1.165) is 13.1 Å². The van der Waals surface area contributed by atoms with Gasteiger partial charge in [0.15, 0.2) is 0 Å². The Hall–Kier alpha value is -1.54. The molecule has 1 aliphatic rings. The van der Waals surface area contributed by atoms with Gasteiger partial charge >= 0.3 is 0 Å². The molecule has 3 rings (SSSR count). The number of benzene rings is 1. The van der Waals surface area contributed by atoms with Gasteiger partial charge in [0.1, 0.15) is 0 Å². The van der Waals surface area contributed by atoms with E-state index in [2.05, 4.69) is 60.1 Å². The van der Waals surface area contributed by atoms with Gasteiger partial charge in [-0.25, -0.2) is 0 Å². The summed E-state index contributed by atoms with van der Waals surface area (Å²) in [4.78, 5) is 0. The first-order valence-corrected chi connectivity index (χ1v) is 7.67. The summed E-state index contributed by atoms with van der Waals surface area (Å²) in [5, 5.41) is 3.53. The van der Waals surface area contributed by atoms with Crippen LogP contribution in [-0.4, -0.2) is 17.7 Å². The lowest BCUT2D eigenvalue weighted by molar-refractivity contribution is 0.459. The maximum absolute atomic E-state index is 3.53. The maximum atomic E-state index is 3.53. The van der Waals surface area contributed by atoms with Crippen LogP contribution in [-0.2, 0) is 6.54 Å². The van der Waals surface area contributed by atoms with Crippen LogP contribution in [0.25, 0.3) is 0 Å². The molecule has 106 valence electrons. The number of aryl methyl sites for hydroxylation is 1. The molecule has 0 amide bonds. The van der Waals surface area contributed by atoms with Gasteiger partial charge in [0, 0.05) is 24.5 Å². The molecule has 0 saturated carbocycles. The highest BCUT2D eigenvalue weighted by Crippen LogP contribution is 2.29. The predicted molar refractivity (Wildman–Crippen MR) is 84.3 cm³/mol. The summed E-state index contributed by atoms with van der Waals surface area (Å²) < 4.78 is 2.46. The molecule has 1 unspecified atom stereocenters. The quantitative estimate of drug-likeness (QED) is 0.899. The highest BCUT2D eigenvalue weighted by atomic mass is 15.0. The fraction of sp³-hybridized carbons (Fsp3) is 0.444. The van der Waals surface area contributed by atoms with E-state index in [1.54, 1.807) is 5.56 Å². The average molecular weight is 268 g/mol. The molecule has 0 radical (unpaired) electrons. The summed E-state index contributed by atoms with van der Waals surface area (Å²) in [7, 11) is 0. The third-order valence-corrected chi connectivity index (χ3v) is 4.53. The van der Waals surface area contributed by atoms with Gasteiger partial charge in [-0.1, -0.05) is 30.3 Å². The Morgan fingerprint density at radius 2 is 2.00 bits per heavy atom. The monoisotopic (exact) mass is 268 g/mol. The molecule has 20 heavy (non-hydrogen) atoms. The number of hydrogen-bond acceptors (Lipinski definition) is 1. The second-order valence-corrected chi connectivity index (χ2v) is 5.94. The molecule has 0 aliphatic carbocycles. The molecule has 0 bridgehead atoms.